The Kier molecular flexibility index (Phi) is 9.17. The number of likely N-dealkylation sites (tertiary alicyclic amines) is 1. The number of anilines is 2. The first kappa shape index (κ1) is 32.1. The molecule has 1 aliphatic carbocycles. The lowest BCUT2D eigenvalue weighted by atomic mass is 9.93. The summed E-state index contributed by atoms with van der Waals surface area (Å²) in [7, 11) is 2.07. The number of nitriles is 1. The highest BCUT2D eigenvalue weighted by Gasteiger charge is 2.42. The Morgan fingerprint density at radius 1 is 1.17 bits per heavy atom. The van der Waals surface area contributed by atoms with Crippen LogP contribution in [0.25, 0.3) is 6.08 Å². The van der Waals surface area contributed by atoms with Gasteiger partial charge in [-0.25, -0.2) is 0 Å². The van der Waals surface area contributed by atoms with Gasteiger partial charge in [-0.2, -0.15) is 28.4 Å². The summed E-state index contributed by atoms with van der Waals surface area (Å²) in [5, 5.41) is 9.39. The first-order chi connectivity index (χ1) is 22.0. The van der Waals surface area contributed by atoms with Crippen molar-refractivity contribution in [2.45, 2.75) is 62.3 Å². The highest BCUT2D eigenvalue weighted by Crippen LogP contribution is 2.41. The number of aromatic nitrogens is 2. The molecule has 46 heavy (non-hydrogen) atoms. The van der Waals surface area contributed by atoms with Gasteiger partial charge in [0.25, 0.3) is 5.91 Å². The molecule has 0 saturated carbocycles. The van der Waals surface area contributed by atoms with E-state index in [-0.39, 0.29) is 43.5 Å². The molecule has 13 heteroatoms. The fourth-order valence-electron chi connectivity index (χ4n) is 6.94. The van der Waals surface area contributed by atoms with Crippen molar-refractivity contribution >= 4 is 35.1 Å². The molecular weight excluding hydrogens is 619 g/mol. The third kappa shape index (κ3) is 6.40. The molecule has 0 radical (unpaired) electrons. The maximum absolute atomic E-state index is 13.3. The number of amides is 1. The predicted molar refractivity (Wildman–Crippen MR) is 170 cm³/mol. The average Bonchev–Trinajstić information content (AvgIpc) is 3.46. The summed E-state index contributed by atoms with van der Waals surface area (Å²) in [6.45, 7) is 6.00. The maximum atomic E-state index is 13.3. The number of likely N-dealkylation sites (N-methyl/N-ethyl adjacent to an activating group) is 1. The molecule has 1 amide bonds. The van der Waals surface area contributed by atoms with Gasteiger partial charge in [0.15, 0.2) is 0 Å². The van der Waals surface area contributed by atoms with Crippen molar-refractivity contribution in [3.8, 4) is 12.1 Å². The van der Waals surface area contributed by atoms with Crippen LogP contribution in [-0.4, -0.2) is 90.3 Å². The Balaban J connectivity index is 1.31. The van der Waals surface area contributed by atoms with Gasteiger partial charge < -0.3 is 24.3 Å². The highest BCUT2D eigenvalue weighted by molar-refractivity contribution is 6.22. The second-order valence-corrected chi connectivity index (χ2v) is 12.9. The van der Waals surface area contributed by atoms with E-state index in [2.05, 4.69) is 47.7 Å². The van der Waals surface area contributed by atoms with Crippen LogP contribution < -0.4 is 14.5 Å². The van der Waals surface area contributed by atoms with Crippen LogP contribution in [-0.2, 0) is 17.8 Å². The van der Waals surface area contributed by atoms with Crippen LogP contribution in [0.3, 0.4) is 0 Å². The van der Waals surface area contributed by atoms with Gasteiger partial charge in [-0.1, -0.05) is 30.9 Å². The number of allylic oxidation sites excluding steroid dienone is 1. The molecule has 3 aliphatic heterocycles. The molecule has 6 rings (SSSR count). The molecule has 0 spiro atoms. The van der Waals surface area contributed by atoms with Crippen LogP contribution in [0.2, 0.25) is 0 Å². The molecule has 244 valence electrons. The zero-order valence-corrected chi connectivity index (χ0v) is 26.5. The number of halogens is 4. The number of alkyl halides is 4. The van der Waals surface area contributed by atoms with Crippen LogP contribution >= 0.6 is 11.6 Å². The smallest absolute Gasteiger partial charge is 0.421 e. The largest absolute Gasteiger partial charge is 0.462 e. The van der Waals surface area contributed by atoms with Crippen LogP contribution in [0.1, 0.15) is 53.4 Å². The van der Waals surface area contributed by atoms with Crippen LogP contribution in [0.15, 0.2) is 36.4 Å². The van der Waals surface area contributed by atoms with E-state index in [1.807, 2.05) is 17.0 Å². The van der Waals surface area contributed by atoms with E-state index in [0.717, 1.165) is 58.8 Å². The second kappa shape index (κ2) is 13.1. The van der Waals surface area contributed by atoms with Gasteiger partial charge in [-0.15, -0.1) is 11.6 Å². The minimum Gasteiger partial charge on any atom is -0.462 e. The third-order valence-electron chi connectivity index (χ3n) is 9.48. The Bertz CT molecular complexity index is 1580. The number of carbonyl (C=O) groups is 1. The van der Waals surface area contributed by atoms with E-state index < -0.39 is 23.7 Å². The number of piperazine rings is 1. The third-order valence-corrected chi connectivity index (χ3v) is 9.88. The zero-order valence-electron chi connectivity index (χ0n) is 25.8. The number of benzene rings is 1. The van der Waals surface area contributed by atoms with Crippen LogP contribution in [0, 0.1) is 11.3 Å². The van der Waals surface area contributed by atoms with Gasteiger partial charge in [0.05, 0.1) is 36.1 Å². The van der Waals surface area contributed by atoms with Crippen molar-refractivity contribution in [3.05, 3.63) is 58.8 Å². The molecule has 1 unspecified atom stereocenters. The molecular formula is C33H37ClF3N7O2. The Morgan fingerprint density at radius 3 is 2.74 bits per heavy atom. The van der Waals surface area contributed by atoms with Gasteiger partial charge in [-0.05, 0) is 50.9 Å². The summed E-state index contributed by atoms with van der Waals surface area (Å²) in [5.41, 5.74) is 3.57. The van der Waals surface area contributed by atoms with Gasteiger partial charge in [0.1, 0.15) is 18.0 Å². The predicted octanol–water partition coefficient (Wildman–Crippen LogP) is 5.26. The number of nitrogens with zero attached hydrogens (tertiary/aromatic N) is 7. The average molecular weight is 656 g/mol. The Hall–Kier alpha value is -3.82. The zero-order chi connectivity index (χ0) is 32.6. The summed E-state index contributed by atoms with van der Waals surface area (Å²) >= 11 is 6.80. The van der Waals surface area contributed by atoms with E-state index in [9.17, 15) is 23.2 Å². The van der Waals surface area contributed by atoms with Crippen LogP contribution in [0.5, 0.6) is 6.01 Å². The lowest BCUT2D eigenvalue weighted by Gasteiger charge is -2.43. The number of ether oxygens (including phenoxy) is 1. The maximum Gasteiger partial charge on any atom is 0.421 e. The molecule has 1 aromatic carbocycles. The van der Waals surface area contributed by atoms with Crippen molar-refractivity contribution in [3.63, 3.8) is 0 Å². The summed E-state index contributed by atoms with van der Waals surface area (Å²) in [6, 6.07) is 7.95. The number of hydrogen-bond donors (Lipinski definition) is 0. The standard InChI is InChI=1S/C33H37ClF3N7O2/c1-21(33(35,36)37)31(45)44-17-16-43(18-23(44)11-13-38)30-25-12-15-42(28-10-4-7-22-6-3-9-26(34)29(22)28)19-27(25)39-32(40-30)46-20-24-8-5-14-41(24)2/h3-4,6-7,10,23-24,26H,1,5,8-9,11-12,14-20H2,2H3/t23-,24-,26?/m0/s1. The number of hydrogen-bond acceptors (Lipinski definition) is 8. The first-order valence-electron chi connectivity index (χ1n) is 15.7. The molecule has 2 aromatic rings. The van der Waals surface area contributed by atoms with Crippen LogP contribution in [0.4, 0.5) is 24.7 Å². The highest BCUT2D eigenvalue weighted by atomic mass is 35.5. The fraction of sp³-hybridized carbons (Fsp3) is 0.515. The number of carbonyl (C=O) groups excluding carboxylic acids is 1. The Labute approximate surface area is 271 Å². The van der Waals surface area contributed by atoms with Crippen molar-refractivity contribution in [2.24, 2.45) is 0 Å². The molecule has 1 aromatic heterocycles. The minimum absolute atomic E-state index is 0.00494. The molecule has 4 aliphatic rings. The topological polar surface area (TPSA) is 88.8 Å². The monoisotopic (exact) mass is 655 g/mol. The van der Waals surface area contributed by atoms with Crippen molar-refractivity contribution in [2.75, 3.05) is 56.2 Å². The van der Waals surface area contributed by atoms with Crippen molar-refractivity contribution in [1.29, 1.82) is 5.26 Å². The molecule has 2 saturated heterocycles. The lowest BCUT2D eigenvalue weighted by molar-refractivity contribution is -0.141. The first-order valence-corrected chi connectivity index (χ1v) is 16.1. The van der Waals surface area contributed by atoms with E-state index in [0.29, 0.717) is 31.9 Å². The van der Waals surface area contributed by atoms with E-state index in [1.165, 1.54) is 0 Å². The molecule has 9 nitrogen and oxygen atoms in total. The molecule has 0 N–H and O–H groups in total. The van der Waals surface area contributed by atoms with Gasteiger partial charge in [0, 0.05) is 49.0 Å². The van der Waals surface area contributed by atoms with Gasteiger partial charge in [0.2, 0.25) is 0 Å². The molecule has 2 fully saturated rings. The van der Waals surface area contributed by atoms with Crippen molar-refractivity contribution < 1.29 is 22.7 Å². The molecule has 0 bridgehead atoms. The quantitative estimate of drug-likeness (QED) is 0.295. The number of rotatable bonds is 7. The second-order valence-electron chi connectivity index (χ2n) is 12.3. The summed E-state index contributed by atoms with van der Waals surface area (Å²) in [5.74, 6) is -0.562. The number of fused-ring (bicyclic) bond motifs is 2. The molecule has 3 atom stereocenters. The summed E-state index contributed by atoms with van der Waals surface area (Å²) < 4.78 is 46.3. The SMILES string of the molecule is C=C(C(=O)N1CCN(c2nc(OC[C@@H]3CCCN3C)nc3c2CCN(c2cccc4c2C(Cl)CC=C4)C3)C[C@@H]1CC#N)C(F)(F)F. The van der Waals surface area contributed by atoms with Gasteiger partial charge in [-0.3, -0.25) is 4.79 Å². The fourth-order valence-corrected chi connectivity index (χ4v) is 7.28. The van der Waals surface area contributed by atoms with Gasteiger partial charge >= 0.3 is 12.2 Å². The van der Waals surface area contributed by atoms with E-state index in [4.69, 9.17) is 26.3 Å². The lowest BCUT2D eigenvalue weighted by Crippen LogP contribution is -2.56. The van der Waals surface area contributed by atoms with E-state index in [1.54, 1.807) is 0 Å². The normalized spacial score (nSPS) is 23.1. The summed E-state index contributed by atoms with van der Waals surface area (Å²) in [6.07, 6.45) is 2.71. The Morgan fingerprint density at radius 2 is 2.00 bits per heavy atom. The summed E-state index contributed by atoms with van der Waals surface area (Å²) in [4.78, 5) is 30.2. The minimum atomic E-state index is -4.85. The van der Waals surface area contributed by atoms with Crippen molar-refractivity contribution in [1.82, 2.24) is 19.8 Å². The molecule has 4 heterocycles. The van der Waals surface area contributed by atoms with E-state index >= 15 is 0 Å².